The van der Waals surface area contributed by atoms with Crippen LogP contribution >= 0.6 is 0 Å². The number of rotatable bonds is 6. The van der Waals surface area contributed by atoms with Crippen LogP contribution in [0.1, 0.15) is 28.6 Å². The van der Waals surface area contributed by atoms with Gasteiger partial charge in [0.05, 0.1) is 0 Å². The van der Waals surface area contributed by atoms with E-state index in [1.807, 2.05) is 92.7 Å². The average molecular weight is 412 g/mol. The Morgan fingerprint density at radius 1 is 0.935 bits per heavy atom. The Kier molecular flexibility index (Phi) is 6.08. The van der Waals surface area contributed by atoms with Crippen LogP contribution in [0.5, 0.6) is 0 Å². The van der Waals surface area contributed by atoms with E-state index in [1.54, 1.807) is 0 Å². The summed E-state index contributed by atoms with van der Waals surface area (Å²) in [6.45, 7) is 4.01. The van der Waals surface area contributed by atoms with Crippen LogP contribution in [0, 0.1) is 13.8 Å². The number of hydrogen-bond acceptors (Lipinski definition) is 4. The highest BCUT2D eigenvalue weighted by Crippen LogP contribution is 2.22. The monoisotopic (exact) mass is 412 g/mol. The van der Waals surface area contributed by atoms with E-state index >= 15 is 0 Å². The molecule has 0 aliphatic carbocycles. The SMILES string of the molecule is Cc1ccc(NC(=O)NC(Cc2ccccc2)c2nc(-c3cccc(C)c3)no2)cc1. The molecule has 4 rings (SSSR count). The standard InChI is InChI=1S/C25H24N4O2/c1-17-11-13-21(14-12-17)26-25(30)27-22(16-19-8-4-3-5-9-19)24-28-23(29-31-24)20-10-6-7-18(2)15-20/h3-15,22H,16H2,1-2H3,(H2,26,27,30). The number of anilines is 1. The highest BCUT2D eigenvalue weighted by atomic mass is 16.5. The molecule has 0 fully saturated rings. The number of benzene rings is 3. The van der Waals surface area contributed by atoms with Crippen LogP contribution < -0.4 is 10.6 Å². The molecular weight excluding hydrogens is 388 g/mol. The van der Waals surface area contributed by atoms with Crippen molar-refractivity contribution in [3.8, 4) is 11.4 Å². The van der Waals surface area contributed by atoms with E-state index in [-0.39, 0.29) is 6.03 Å². The van der Waals surface area contributed by atoms with E-state index in [0.717, 1.165) is 22.3 Å². The highest BCUT2D eigenvalue weighted by Gasteiger charge is 2.22. The van der Waals surface area contributed by atoms with Crippen molar-refractivity contribution in [2.45, 2.75) is 26.3 Å². The summed E-state index contributed by atoms with van der Waals surface area (Å²) in [4.78, 5) is 17.3. The second kappa shape index (κ2) is 9.26. The Hall–Kier alpha value is -3.93. The molecule has 2 N–H and O–H groups in total. The van der Waals surface area contributed by atoms with Gasteiger partial charge in [-0.2, -0.15) is 4.98 Å². The molecule has 0 saturated heterocycles. The predicted octanol–water partition coefficient (Wildman–Crippen LogP) is 5.46. The number of nitrogens with one attached hydrogen (secondary N) is 2. The first-order valence-electron chi connectivity index (χ1n) is 10.2. The minimum Gasteiger partial charge on any atom is -0.337 e. The van der Waals surface area contributed by atoms with Gasteiger partial charge in [-0.3, -0.25) is 0 Å². The van der Waals surface area contributed by atoms with E-state index < -0.39 is 6.04 Å². The molecule has 0 aliphatic rings. The Labute approximate surface area is 181 Å². The van der Waals surface area contributed by atoms with Gasteiger partial charge in [0.2, 0.25) is 11.7 Å². The van der Waals surface area contributed by atoms with Crippen molar-refractivity contribution in [3.05, 3.63) is 101 Å². The van der Waals surface area contributed by atoms with Crippen LogP contribution in [-0.4, -0.2) is 16.2 Å². The minimum atomic E-state index is -0.473. The number of aromatic nitrogens is 2. The van der Waals surface area contributed by atoms with E-state index in [0.29, 0.717) is 23.8 Å². The largest absolute Gasteiger partial charge is 0.337 e. The predicted molar refractivity (Wildman–Crippen MR) is 121 cm³/mol. The second-order valence-electron chi connectivity index (χ2n) is 7.53. The second-order valence-corrected chi connectivity index (χ2v) is 7.53. The zero-order chi connectivity index (χ0) is 21.6. The molecule has 2 amide bonds. The number of urea groups is 1. The molecule has 0 aliphatic heterocycles. The molecule has 6 nitrogen and oxygen atoms in total. The van der Waals surface area contributed by atoms with Gasteiger partial charge in [-0.15, -0.1) is 0 Å². The van der Waals surface area contributed by atoms with Crippen molar-refractivity contribution in [2.24, 2.45) is 0 Å². The van der Waals surface area contributed by atoms with Gasteiger partial charge in [-0.05, 0) is 37.6 Å². The number of aryl methyl sites for hydroxylation is 2. The fourth-order valence-corrected chi connectivity index (χ4v) is 3.29. The van der Waals surface area contributed by atoms with Crippen LogP contribution in [-0.2, 0) is 6.42 Å². The molecule has 31 heavy (non-hydrogen) atoms. The molecule has 0 saturated carbocycles. The Morgan fingerprint density at radius 2 is 1.71 bits per heavy atom. The maximum atomic E-state index is 12.7. The van der Waals surface area contributed by atoms with Gasteiger partial charge >= 0.3 is 6.03 Å². The molecule has 1 atom stereocenters. The summed E-state index contributed by atoms with van der Waals surface area (Å²) in [6, 6.07) is 24.6. The lowest BCUT2D eigenvalue weighted by atomic mass is 10.1. The average Bonchev–Trinajstić information content (AvgIpc) is 3.26. The Balaban J connectivity index is 1.55. The van der Waals surface area contributed by atoms with E-state index in [9.17, 15) is 4.79 Å². The number of amides is 2. The van der Waals surface area contributed by atoms with Gasteiger partial charge in [0.25, 0.3) is 0 Å². The molecule has 4 aromatic rings. The van der Waals surface area contributed by atoms with Crippen LogP contribution in [0.15, 0.2) is 83.4 Å². The lowest BCUT2D eigenvalue weighted by Crippen LogP contribution is -2.34. The first-order valence-corrected chi connectivity index (χ1v) is 10.2. The van der Waals surface area contributed by atoms with Crippen molar-refractivity contribution in [1.29, 1.82) is 0 Å². The van der Waals surface area contributed by atoms with Gasteiger partial charge < -0.3 is 15.2 Å². The van der Waals surface area contributed by atoms with Crippen molar-refractivity contribution in [3.63, 3.8) is 0 Å². The van der Waals surface area contributed by atoms with Crippen molar-refractivity contribution >= 4 is 11.7 Å². The molecule has 0 spiro atoms. The molecule has 0 radical (unpaired) electrons. The van der Waals surface area contributed by atoms with Crippen molar-refractivity contribution < 1.29 is 9.32 Å². The van der Waals surface area contributed by atoms with Gasteiger partial charge in [0, 0.05) is 17.7 Å². The summed E-state index contributed by atoms with van der Waals surface area (Å²) in [5.41, 5.74) is 4.88. The van der Waals surface area contributed by atoms with Crippen LogP contribution in [0.25, 0.3) is 11.4 Å². The van der Waals surface area contributed by atoms with Gasteiger partial charge in [0.1, 0.15) is 6.04 Å². The van der Waals surface area contributed by atoms with Crippen LogP contribution in [0.2, 0.25) is 0 Å². The molecule has 1 aromatic heterocycles. The number of carbonyl (C=O) groups is 1. The summed E-state index contributed by atoms with van der Waals surface area (Å²) < 4.78 is 5.56. The molecular formula is C25H24N4O2. The molecule has 1 heterocycles. The van der Waals surface area contributed by atoms with E-state index in [4.69, 9.17) is 4.52 Å². The molecule has 156 valence electrons. The zero-order valence-electron chi connectivity index (χ0n) is 17.5. The van der Waals surface area contributed by atoms with Crippen molar-refractivity contribution in [1.82, 2.24) is 15.5 Å². The fraction of sp³-hybridized carbons (Fsp3) is 0.160. The number of nitrogens with zero attached hydrogens (tertiary/aromatic N) is 2. The summed E-state index contributed by atoms with van der Waals surface area (Å²) in [6.07, 6.45) is 0.525. The summed E-state index contributed by atoms with van der Waals surface area (Å²) in [5, 5.41) is 9.97. The normalized spacial score (nSPS) is 11.7. The third-order valence-electron chi connectivity index (χ3n) is 4.91. The first-order chi connectivity index (χ1) is 15.1. The molecule has 3 aromatic carbocycles. The van der Waals surface area contributed by atoms with Gasteiger partial charge in [-0.25, -0.2) is 4.79 Å². The summed E-state index contributed by atoms with van der Waals surface area (Å²) >= 11 is 0. The van der Waals surface area contributed by atoms with Gasteiger partial charge in [-0.1, -0.05) is 76.9 Å². The minimum absolute atomic E-state index is 0.333. The van der Waals surface area contributed by atoms with E-state index in [2.05, 4.69) is 20.8 Å². The van der Waals surface area contributed by atoms with Crippen LogP contribution in [0.4, 0.5) is 10.5 Å². The molecule has 0 bridgehead atoms. The Bertz CT molecular complexity index is 1150. The topological polar surface area (TPSA) is 80.0 Å². The summed E-state index contributed by atoms with van der Waals surface area (Å²) in [5.74, 6) is 0.858. The maximum absolute atomic E-state index is 12.7. The molecule has 6 heteroatoms. The smallest absolute Gasteiger partial charge is 0.319 e. The number of hydrogen-bond donors (Lipinski definition) is 2. The maximum Gasteiger partial charge on any atom is 0.319 e. The first kappa shape index (κ1) is 20.3. The highest BCUT2D eigenvalue weighted by molar-refractivity contribution is 5.89. The Morgan fingerprint density at radius 3 is 2.45 bits per heavy atom. The fourth-order valence-electron chi connectivity index (χ4n) is 3.29. The lowest BCUT2D eigenvalue weighted by Gasteiger charge is -2.16. The van der Waals surface area contributed by atoms with Gasteiger partial charge in [0.15, 0.2) is 0 Å². The molecule has 1 unspecified atom stereocenters. The third-order valence-corrected chi connectivity index (χ3v) is 4.91. The van der Waals surface area contributed by atoms with Crippen molar-refractivity contribution in [2.75, 3.05) is 5.32 Å². The van der Waals surface area contributed by atoms with E-state index in [1.165, 1.54) is 0 Å². The quantitative estimate of drug-likeness (QED) is 0.441. The third kappa shape index (κ3) is 5.36. The zero-order valence-corrected chi connectivity index (χ0v) is 17.5. The summed E-state index contributed by atoms with van der Waals surface area (Å²) in [7, 11) is 0. The van der Waals surface area contributed by atoms with Crippen LogP contribution in [0.3, 0.4) is 0 Å². The lowest BCUT2D eigenvalue weighted by molar-refractivity contribution is 0.243. The number of carbonyl (C=O) groups excluding carboxylic acids is 1.